The van der Waals surface area contributed by atoms with Crippen LogP contribution in [0.2, 0.25) is 20.1 Å². The number of hydrogen-bond donors (Lipinski definition) is 1. The van der Waals surface area contributed by atoms with Crippen LogP contribution in [-0.4, -0.2) is 0 Å². The van der Waals surface area contributed by atoms with Crippen molar-refractivity contribution in [1.82, 2.24) is 0 Å². The molecule has 2 rings (SSSR count). The lowest BCUT2D eigenvalue weighted by molar-refractivity contribution is 0.722. The maximum Gasteiger partial charge on any atom is 0.0640 e. The zero-order valence-corrected chi connectivity index (χ0v) is 12.9. The van der Waals surface area contributed by atoms with E-state index >= 15 is 0 Å². The van der Waals surface area contributed by atoms with Crippen molar-refractivity contribution in [3.8, 4) is 0 Å². The molecule has 5 heteroatoms. The molecule has 100 valence electrons. The van der Waals surface area contributed by atoms with E-state index in [4.69, 9.17) is 52.1 Å². The Balaban J connectivity index is 2.28. The fraction of sp³-hybridized carbons (Fsp3) is 0.143. The van der Waals surface area contributed by atoms with E-state index in [9.17, 15) is 0 Å². The molecule has 0 heterocycles. The highest BCUT2D eigenvalue weighted by molar-refractivity contribution is 6.43. The molecule has 2 N–H and O–H groups in total. The predicted molar refractivity (Wildman–Crippen MR) is 83.6 cm³/mol. The topological polar surface area (TPSA) is 26.0 Å². The molecule has 0 aliphatic rings. The molecule has 1 unspecified atom stereocenters. The minimum absolute atomic E-state index is 0.290. The zero-order valence-electron chi connectivity index (χ0n) is 9.84. The summed E-state index contributed by atoms with van der Waals surface area (Å²) >= 11 is 24.3. The summed E-state index contributed by atoms with van der Waals surface area (Å²) in [6.45, 7) is 0. The first-order valence-electron chi connectivity index (χ1n) is 5.63. The monoisotopic (exact) mass is 333 g/mol. The van der Waals surface area contributed by atoms with Crippen LogP contribution in [-0.2, 0) is 6.42 Å². The number of benzene rings is 2. The van der Waals surface area contributed by atoms with Gasteiger partial charge < -0.3 is 5.73 Å². The molecule has 1 nitrogen and oxygen atoms in total. The van der Waals surface area contributed by atoms with Gasteiger partial charge in [0.15, 0.2) is 0 Å². The Morgan fingerprint density at radius 1 is 0.842 bits per heavy atom. The molecule has 0 bridgehead atoms. The lowest BCUT2D eigenvalue weighted by atomic mass is 9.99. The van der Waals surface area contributed by atoms with E-state index in [1.165, 1.54) is 0 Å². The predicted octanol–water partition coefficient (Wildman–Crippen LogP) is 5.54. The Hall–Kier alpha value is -0.440. The van der Waals surface area contributed by atoms with Crippen molar-refractivity contribution in [3.63, 3.8) is 0 Å². The second-order valence-electron chi connectivity index (χ2n) is 4.17. The Bertz CT molecular complexity index is 598. The van der Waals surface area contributed by atoms with Gasteiger partial charge in [0.25, 0.3) is 0 Å². The van der Waals surface area contributed by atoms with Crippen LogP contribution in [0.15, 0.2) is 36.4 Å². The minimum atomic E-state index is -0.290. The van der Waals surface area contributed by atoms with Crippen LogP contribution >= 0.6 is 46.4 Å². The molecular weight excluding hydrogens is 324 g/mol. The van der Waals surface area contributed by atoms with E-state index in [1.54, 1.807) is 12.1 Å². The summed E-state index contributed by atoms with van der Waals surface area (Å²) in [5.74, 6) is 0. The Kier molecular flexibility index (Phi) is 4.99. The van der Waals surface area contributed by atoms with Gasteiger partial charge >= 0.3 is 0 Å². The normalized spacial score (nSPS) is 12.5. The van der Waals surface area contributed by atoms with E-state index < -0.39 is 0 Å². The van der Waals surface area contributed by atoms with E-state index in [-0.39, 0.29) is 6.04 Å². The molecule has 0 spiro atoms. The van der Waals surface area contributed by atoms with Crippen molar-refractivity contribution in [3.05, 3.63) is 67.6 Å². The summed E-state index contributed by atoms with van der Waals surface area (Å²) in [5, 5.41) is 2.02. The van der Waals surface area contributed by atoms with Crippen LogP contribution in [0.5, 0.6) is 0 Å². The Labute approximate surface area is 132 Å². The van der Waals surface area contributed by atoms with Gasteiger partial charge in [0.05, 0.1) is 20.1 Å². The van der Waals surface area contributed by atoms with Crippen molar-refractivity contribution < 1.29 is 0 Å². The molecule has 2 aromatic carbocycles. The zero-order chi connectivity index (χ0) is 14.0. The van der Waals surface area contributed by atoms with Crippen molar-refractivity contribution in [2.45, 2.75) is 12.5 Å². The first-order chi connectivity index (χ1) is 9.00. The van der Waals surface area contributed by atoms with Crippen molar-refractivity contribution in [2.24, 2.45) is 5.73 Å². The van der Waals surface area contributed by atoms with Crippen LogP contribution in [0.4, 0.5) is 0 Å². The van der Waals surface area contributed by atoms with Gasteiger partial charge in [-0.05, 0) is 29.7 Å². The lowest BCUT2D eigenvalue weighted by Crippen LogP contribution is -2.14. The summed E-state index contributed by atoms with van der Waals surface area (Å²) in [6, 6.07) is 10.6. The van der Waals surface area contributed by atoms with Crippen LogP contribution in [0.1, 0.15) is 17.2 Å². The van der Waals surface area contributed by atoms with Gasteiger partial charge in [0, 0.05) is 6.04 Å². The average Bonchev–Trinajstić information content (AvgIpc) is 2.38. The standard InChI is InChI=1S/C14H11Cl4N/c15-10-5-1-3-8(13(10)17)7-12(19)9-4-2-6-11(16)14(9)18/h1-6,12H,7,19H2. The highest BCUT2D eigenvalue weighted by atomic mass is 35.5. The number of halogens is 4. The minimum Gasteiger partial charge on any atom is -0.324 e. The molecule has 0 radical (unpaired) electrons. The highest BCUT2D eigenvalue weighted by Gasteiger charge is 2.15. The van der Waals surface area contributed by atoms with Crippen LogP contribution in [0.3, 0.4) is 0 Å². The molecule has 0 aliphatic carbocycles. The van der Waals surface area contributed by atoms with Crippen molar-refractivity contribution in [2.75, 3.05) is 0 Å². The third-order valence-corrected chi connectivity index (χ3v) is 4.54. The smallest absolute Gasteiger partial charge is 0.0640 e. The SMILES string of the molecule is NC(Cc1cccc(Cl)c1Cl)c1cccc(Cl)c1Cl. The first-order valence-corrected chi connectivity index (χ1v) is 7.14. The number of rotatable bonds is 3. The lowest BCUT2D eigenvalue weighted by Gasteiger charge is -2.15. The molecule has 0 aromatic heterocycles. The van der Waals surface area contributed by atoms with Gasteiger partial charge in [-0.25, -0.2) is 0 Å². The van der Waals surface area contributed by atoms with E-state index in [1.807, 2.05) is 24.3 Å². The summed E-state index contributed by atoms with van der Waals surface area (Å²) in [7, 11) is 0. The fourth-order valence-corrected chi connectivity index (χ4v) is 2.71. The van der Waals surface area contributed by atoms with Gasteiger partial charge in [-0.15, -0.1) is 0 Å². The summed E-state index contributed by atoms with van der Waals surface area (Å²) in [6.07, 6.45) is 0.541. The molecule has 0 amide bonds. The van der Waals surface area contributed by atoms with Crippen LogP contribution in [0, 0.1) is 0 Å². The largest absolute Gasteiger partial charge is 0.324 e. The number of nitrogens with two attached hydrogens (primary N) is 1. The molecule has 0 fully saturated rings. The Morgan fingerprint density at radius 2 is 1.42 bits per heavy atom. The van der Waals surface area contributed by atoms with Gasteiger partial charge in [-0.2, -0.15) is 0 Å². The van der Waals surface area contributed by atoms with Gasteiger partial charge in [-0.1, -0.05) is 70.7 Å². The maximum absolute atomic E-state index is 6.17. The second kappa shape index (κ2) is 6.34. The summed E-state index contributed by atoms with van der Waals surface area (Å²) < 4.78 is 0. The van der Waals surface area contributed by atoms with E-state index in [0.29, 0.717) is 26.5 Å². The highest BCUT2D eigenvalue weighted by Crippen LogP contribution is 2.33. The van der Waals surface area contributed by atoms with Crippen molar-refractivity contribution in [1.29, 1.82) is 0 Å². The molecular formula is C14H11Cl4N. The molecule has 0 aliphatic heterocycles. The van der Waals surface area contributed by atoms with Gasteiger partial charge in [0.1, 0.15) is 0 Å². The Morgan fingerprint density at radius 3 is 2.11 bits per heavy atom. The summed E-state index contributed by atoms with van der Waals surface area (Å²) in [5.41, 5.74) is 7.85. The summed E-state index contributed by atoms with van der Waals surface area (Å²) in [4.78, 5) is 0. The van der Waals surface area contributed by atoms with Gasteiger partial charge in [-0.3, -0.25) is 0 Å². The molecule has 0 saturated heterocycles. The van der Waals surface area contributed by atoms with E-state index in [0.717, 1.165) is 11.1 Å². The molecule has 2 aromatic rings. The second-order valence-corrected chi connectivity index (χ2v) is 5.74. The average molecular weight is 335 g/mol. The van der Waals surface area contributed by atoms with Gasteiger partial charge in [0.2, 0.25) is 0 Å². The first kappa shape index (κ1) is 15.0. The maximum atomic E-state index is 6.17. The fourth-order valence-electron chi connectivity index (χ4n) is 1.86. The van der Waals surface area contributed by atoms with Crippen molar-refractivity contribution >= 4 is 46.4 Å². The van der Waals surface area contributed by atoms with Crippen LogP contribution < -0.4 is 5.73 Å². The quantitative estimate of drug-likeness (QED) is 0.783. The number of hydrogen-bond acceptors (Lipinski definition) is 1. The third kappa shape index (κ3) is 3.36. The van der Waals surface area contributed by atoms with E-state index in [2.05, 4.69) is 0 Å². The molecule has 1 atom stereocenters. The third-order valence-electron chi connectivity index (χ3n) is 2.85. The molecule has 0 saturated carbocycles. The molecule has 19 heavy (non-hydrogen) atoms. The van der Waals surface area contributed by atoms with Crippen LogP contribution in [0.25, 0.3) is 0 Å².